The van der Waals surface area contributed by atoms with E-state index in [-0.39, 0.29) is 5.56 Å². The maximum absolute atomic E-state index is 12.4. The summed E-state index contributed by atoms with van der Waals surface area (Å²) in [6.45, 7) is 4.71. The van der Waals surface area contributed by atoms with Crippen LogP contribution in [0.1, 0.15) is 13.8 Å². The topological polar surface area (TPSA) is 63.6 Å². The second-order valence-electron chi connectivity index (χ2n) is 4.76. The van der Waals surface area contributed by atoms with Crippen LogP contribution in [0.15, 0.2) is 28.2 Å². The first-order valence-electron chi connectivity index (χ1n) is 7.14. The molecule has 8 heteroatoms. The maximum atomic E-state index is 12.4. The molecule has 5 nitrogen and oxygen atoms in total. The molecule has 23 heavy (non-hydrogen) atoms. The number of nitrogens with zero attached hydrogens (tertiary/aromatic N) is 3. The first kappa shape index (κ1) is 16.4. The van der Waals surface area contributed by atoms with Crippen LogP contribution in [0.5, 0.6) is 0 Å². The van der Waals surface area contributed by atoms with Gasteiger partial charge < -0.3 is 9.55 Å². The van der Waals surface area contributed by atoms with Gasteiger partial charge in [0.2, 0.25) is 0 Å². The third kappa shape index (κ3) is 2.86. The molecule has 0 saturated heterocycles. The zero-order valence-electron chi connectivity index (χ0n) is 12.6. The number of aromatic amines is 1. The molecular weight excluding hydrogens is 355 g/mol. The van der Waals surface area contributed by atoms with Gasteiger partial charge in [-0.1, -0.05) is 48.0 Å². The van der Waals surface area contributed by atoms with Crippen molar-refractivity contribution in [2.24, 2.45) is 0 Å². The van der Waals surface area contributed by atoms with Crippen LogP contribution in [0.25, 0.3) is 22.6 Å². The lowest BCUT2D eigenvalue weighted by Crippen LogP contribution is -2.11. The first-order valence-corrected chi connectivity index (χ1v) is 8.88. The number of fused-ring (bicyclic) bond motifs is 1. The molecule has 0 aliphatic carbocycles. The maximum Gasteiger partial charge on any atom is 0.279 e. The fourth-order valence-corrected chi connectivity index (χ4v) is 3.50. The molecule has 0 unspecified atom stereocenters. The highest BCUT2D eigenvalue weighted by molar-refractivity contribution is 7.99. The van der Waals surface area contributed by atoms with E-state index in [1.165, 1.54) is 0 Å². The van der Waals surface area contributed by atoms with Crippen molar-refractivity contribution in [1.29, 1.82) is 0 Å². The largest absolute Gasteiger partial charge is 0.304 e. The van der Waals surface area contributed by atoms with Crippen molar-refractivity contribution in [2.75, 3.05) is 5.75 Å². The molecule has 0 radical (unpaired) electrons. The van der Waals surface area contributed by atoms with Crippen molar-refractivity contribution in [3.63, 3.8) is 0 Å². The highest BCUT2D eigenvalue weighted by Gasteiger charge is 2.17. The summed E-state index contributed by atoms with van der Waals surface area (Å²) in [5, 5.41) is 1.57. The van der Waals surface area contributed by atoms with Gasteiger partial charge in [-0.25, -0.2) is 9.97 Å². The number of imidazole rings is 1. The van der Waals surface area contributed by atoms with Gasteiger partial charge >= 0.3 is 0 Å². The standard InChI is InChI=1S/C15H14Cl2N4OS/c1-3-21-13-11(18-15(21)23-4-2)14(22)20-12(19-13)8-6-5-7-9(16)10(8)17/h5-7H,3-4H2,1-2H3,(H,19,20,22). The summed E-state index contributed by atoms with van der Waals surface area (Å²) in [6.07, 6.45) is 0. The van der Waals surface area contributed by atoms with Crippen molar-refractivity contribution in [1.82, 2.24) is 19.5 Å². The summed E-state index contributed by atoms with van der Waals surface area (Å²) in [5.74, 6) is 1.26. The van der Waals surface area contributed by atoms with Crippen molar-refractivity contribution in [3.05, 3.63) is 38.6 Å². The second kappa shape index (κ2) is 6.55. The van der Waals surface area contributed by atoms with Crippen LogP contribution in [-0.2, 0) is 6.54 Å². The van der Waals surface area contributed by atoms with E-state index in [2.05, 4.69) is 15.0 Å². The van der Waals surface area contributed by atoms with E-state index in [9.17, 15) is 4.79 Å². The summed E-state index contributed by atoms with van der Waals surface area (Å²) in [5.41, 5.74) is 1.20. The molecule has 0 aliphatic rings. The van der Waals surface area contributed by atoms with Crippen LogP contribution < -0.4 is 5.56 Å². The van der Waals surface area contributed by atoms with Crippen LogP contribution >= 0.6 is 35.0 Å². The number of rotatable bonds is 4. The normalized spacial score (nSPS) is 11.3. The average molecular weight is 369 g/mol. The monoisotopic (exact) mass is 368 g/mol. The van der Waals surface area contributed by atoms with Crippen LogP contribution in [-0.4, -0.2) is 25.3 Å². The van der Waals surface area contributed by atoms with E-state index in [1.807, 2.05) is 18.4 Å². The summed E-state index contributed by atoms with van der Waals surface area (Å²) in [6, 6.07) is 5.23. The molecule has 0 atom stereocenters. The quantitative estimate of drug-likeness (QED) is 0.700. The fraction of sp³-hybridized carbons (Fsp3) is 0.267. The van der Waals surface area contributed by atoms with Crippen molar-refractivity contribution < 1.29 is 0 Å². The predicted molar refractivity (Wildman–Crippen MR) is 95.7 cm³/mol. The average Bonchev–Trinajstić information content (AvgIpc) is 2.88. The zero-order valence-corrected chi connectivity index (χ0v) is 14.9. The molecule has 0 bridgehead atoms. The van der Waals surface area contributed by atoms with Crippen molar-refractivity contribution in [2.45, 2.75) is 25.5 Å². The number of aryl methyl sites for hydroxylation is 1. The number of halogens is 2. The number of hydrogen-bond donors (Lipinski definition) is 1. The summed E-state index contributed by atoms with van der Waals surface area (Å²) >= 11 is 13.9. The molecule has 2 aromatic heterocycles. The number of nitrogens with one attached hydrogen (secondary N) is 1. The number of benzene rings is 1. The van der Waals surface area contributed by atoms with Crippen LogP contribution in [0.2, 0.25) is 10.0 Å². The Morgan fingerprint density at radius 2 is 2.04 bits per heavy atom. The molecule has 0 aliphatic heterocycles. The van der Waals surface area contributed by atoms with Gasteiger partial charge in [0.15, 0.2) is 16.3 Å². The van der Waals surface area contributed by atoms with E-state index in [4.69, 9.17) is 23.2 Å². The Hall–Kier alpha value is -1.50. The SMILES string of the molecule is CCSc1nc2c(=O)[nH]c(-c3cccc(Cl)c3Cl)nc2n1CC. The smallest absolute Gasteiger partial charge is 0.279 e. The lowest BCUT2D eigenvalue weighted by atomic mass is 10.2. The van der Waals surface area contributed by atoms with Crippen molar-refractivity contribution >= 4 is 46.1 Å². The molecule has 0 saturated carbocycles. The summed E-state index contributed by atoms with van der Waals surface area (Å²) in [4.78, 5) is 24.1. The van der Waals surface area contributed by atoms with Gasteiger partial charge in [0, 0.05) is 12.1 Å². The Labute approximate surface area is 147 Å². The Kier molecular flexibility index (Phi) is 4.66. The number of thioether (sulfide) groups is 1. The molecule has 120 valence electrons. The minimum Gasteiger partial charge on any atom is -0.304 e. The van der Waals surface area contributed by atoms with E-state index in [1.54, 1.807) is 30.0 Å². The van der Waals surface area contributed by atoms with Gasteiger partial charge in [-0.3, -0.25) is 4.79 Å². The van der Waals surface area contributed by atoms with Crippen molar-refractivity contribution in [3.8, 4) is 11.4 Å². The highest BCUT2D eigenvalue weighted by Crippen LogP contribution is 2.32. The molecule has 3 aromatic rings. The molecule has 0 fully saturated rings. The van der Waals surface area contributed by atoms with Crippen LogP contribution in [0, 0.1) is 0 Å². The number of aromatic nitrogens is 4. The molecule has 2 heterocycles. The lowest BCUT2D eigenvalue weighted by Gasteiger charge is -2.07. The second-order valence-corrected chi connectivity index (χ2v) is 6.78. The van der Waals surface area contributed by atoms with Gasteiger partial charge in [-0.15, -0.1) is 0 Å². The minimum atomic E-state index is -0.286. The Bertz CT molecular complexity index is 935. The first-order chi connectivity index (χ1) is 11.1. The third-order valence-corrected chi connectivity index (χ3v) is 5.04. The molecule has 0 amide bonds. The Morgan fingerprint density at radius 1 is 1.26 bits per heavy atom. The Morgan fingerprint density at radius 3 is 2.74 bits per heavy atom. The molecule has 1 aromatic carbocycles. The highest BCUT2D eigenvalue weighted by atomic mass is 35.5. The molecule has 1 N–H and O–H groups in total. The molecule has 3 rings (SSSR count). The zero-order chi connectivity index (χ0) is 16.6. The molecule has 0 spiro atoms. The van der Waals surface area contributed by atoms with Gasteiger partial charge in [0.05, 0.1) is 10.0 Å². The minimum absolute atomic E-state index is 0.286. The van der Waals surface area contributed by atoms with E-state index >= 15 is 0 Å². The van der Waals surface area contributed by atoms with E-state index < -0.39 is 0 Å². The summed E-state index contributed by atoms with van der Waals surface area (Å²) in [7, 11) is 0. The molecular formula is C15H14Cl2N4OS. The van der Waals surface area contributed by atoms with Gasteiger partial charge in [0.1, 0.15) is 5.82 Å². The van der Waals surface area contributed by atoms with Crippen LogP contribution in [0.3, 0.4) is 0 Å². The van der Waals surface area contributed by atoms with E-state index in [0.29, 0.717) is 39.1 Å². The van der Waals surface area contributed by atoms with Gasteiger partial charge in [-0.2, -0.15) is 0 Å². The van der Waals surface area contributed by atoms with Gasteiger partial charge in [-0.05, 0) is 24.8 Å². The fourth-order valence-electron chi connectivity index (χ4n) is 2.33. The van der Waals surface area contributed by atoms with Gasteiger partial charge in [0.25, 0.3) is 5.56 Å². The predicted octanol–water partition coefficient (Wildman–Crippen LogP) is 4.23. The Balaban J connectivity index is 2.28. The number of H-pyrrole nitrogens is 1. The van der Waals surface area contributed by atoms with Crippen LogP contribution in [0.4, 0.5) is 0 Å². The summed E-state index contributed by atoms with van der Waals surface area (Å²) < 4.78 is 1.93. The number of hydrogen-bond acceptors (Lipinski definition) is 4. The third-order valence-electron chi connectivity index (χ3n) is 3.37. The van der Waals surface area contributed by atoms with E-state index in [0.717, 1.165) is 10.9 Å². The lowest BCUT2D eigenvalue weighted by molar-refractivity contribution is 0.696.